The molecule has 0 bridgehead atoms. The highest BCUT2D eigenvalue weighted by Gasteiger charge is 2.34. The van der Waals surface area contributed by atoms with Gasteiger partial charge in [-0.1, -0.05) is 5.92 Å². The minimum absolute atomic E-state index is 0.0157. The molecule has 0 saturated heterocycles. The molecule has 1 saturated carbocycles. The van der Waals surface area contributed by atoms with Crippen LogP contribution < -0.4 is 4.74 Å². The van der Waals surface area contributed by atoms with E-state index < -0.39 is 6.10 Å². The van der Waals surface area contributed by atoms with E-state index >= 15 is 0 Å². The van der Waals surface area contributed by atoms with Crippen LogP contribution in [0.4, 0.5) is 4.39 Å². The van der Waals surface area contributed by atoms with Crippen molar-refractivity contribution >= 4 is 17.2 Å². The first-order valence-electron chi connectivity index (χ1n) is 11.7. The van der Waals surface area contributed by atoms with E-state index in [-0.39, 0.29) is 37.5 Å². The SMILES string of the molecule is C#CCOC[C@@H](O)CN(CC(=O)N1CCc2sccc2[C@H]1COc1ccc(F)cc1)CC1CC1. The molecule has 34 heavy (non-hydrogen) atoms. The molecule has 1 amide bonds. The van der Waals surface area contributed by atoms with Crippen molar-refractivity contribution < 1.29 is 23.8 Å². The Bertz CT molecular complexity index is 985. The van der Waals surface area contributed by atoms with Crippen LogP contribution in [-0.2, 0) is 16.0 Å². The van der Waals surface area contributed by atoms with Crippen molar-refractivity contribution in [3.05, 3.63) is 52.0 Å². The normalized spacial score (nSPS) is 18.4. The van der Waals surface area contributed by atoms with Crippen molar-refractivity contribution in [3.63, 3.8) is 0 Å². The van der Waals surface area contributed by atoms with Gasteiger partial charge in [-0.15, -0.1) is 17.8 Å². The molecule has 0 radical (unpaired) electrons. The van der Waals surface area contributed by atoms with Gasteiger partial charge in [0.25, 0.3) is 0 Å². The zero-order valence-corrected chi connectivity index (χ0v) is 20.0. The smallest absolute Gasteiger partial charge is 0.237 e. The monoisotopic (exact) mass is 486 g/mol. The lowest BCUT2D eigenvalue weighted by Gasteiger charge is -2.37. The third-order valence-electron chi connectivity index (χ3n) is 6.17. The third-order valence-corrected chi connectivity index (χ3v) is 7.17. The van der Waals surface area contributed by atoms with Crippen LogP contribution in [0.3, 0.4) is 0 Å². The Labute approximate surface area is 204 Å². The van der Waals surface area contributed by atoms with Gasteiger partial charge in [0.2, 0.25) is 5.91 Å². The average Bonchev–Trinajstić information content (AvgIpc) is 3.50. The molecule has 2 aliphatic rings. The standard InChI is InChI=1S/C26H31FN2O4S/c1-2-12-32-17-21(30)15-28(14-19-3-4-19)16-26(31)29-11-9-25-23(10-13-34-25)24(29)18-33-22-7-5-20(27)6-8-22/h1,5-8,10,13,19,21,24,30H,3-4,9,11-12,14-18H2/t21-,24+/m0/s1. The van der Waals surface area contributed by atoms with Crippen LogP contribution in [0, 0.1) is 24.1 Å². The topological polar surface area (TPSA) is 62.2 Å². The molecule has 1 aromatic carbocycles. The highest BCUT2D eigenvalue weighted by Crippen LogP contribution is 2.34. The van der Waals surface area contributed by atoms with E-state index in [1.807, 2.05) is 9.80 Å². The molecular weight excluding hydrogens is 455 g/mol. The maximum atomic E-state index is 13.5. The number of fused-ring (bicyclic) bond motifs is 1. The highest BCUT2D eigenvalue weighted by atomic mass is 32.1. The molecule has 1 aromatic heterocycles. The number of rotatable bonds is 12. The van der Waals surface area contributed by atoms with Crippen molar-refractivity contribution in [2.45, 2.75) is 31.4 Å². The number of hydrogen-bond acceptors (Lipinski definition) is 6. The number of ether oxygens (including phenoxy) is 2. The number of terminal acetylenes is 1. The summed E-state index contributed by atoms with van der Waals surface area (Å²) in [6.45, 7) is 2.60. The summed E-state index contributed by atoms with van der Waals surface area (Å²) < 4.78 is 24.5. The Balaban J connectivity index is 1.42. The van der Waals surface area contributed by atoms with Crippen molar-refractivity contribution in [1.29, 1.82) is 0 Å². The number of nitrogens with zero attached hydrogens (tertiary/aromatic N) is 2. The first kappa shape index (κ1) is 24.7. The van der Waals surface area contributed by atoms with Gasteiger partial charge in [-0.2, -0.15) is 0 Å². The van der Waals surface area contributed by atoms with Crippen LogP contribution in [0.1, 0.15) is 29.3 Å². The number of carbonyl (C=O) groups excluding carboxylic acids is 1. The molecule has 4 rings (SSSR count). The minimum Gasteiger partial charge on any atom is -0.491 e. The maximum absolute atomic E-state index is 13.5. The van der Waals surface area contributed by atoms with Crippen LogP contribution in [0.15, 0.2) is 35.7 Å². The highest BCUT2D eigenvalue weighted by molar-refractivity contribution is 7.10. The first-order chi connectivity index (χ1) is 16.5. The number of carbonyl (C=O) groups is 1. The summed E-state index contributed by atoms with van der Waals surface area (Å²) in [6.07, 6.45) is 7.63. The van der Waals surface area contributed by atoms with Gasteiger partial charge in [0, 0.05) is 24.5 Å². The van der Waals surface area contributed by atoms with Crippen molar-refractivity contribution in [1.82, 2.24) is 9.80 Å². The van der Waals surface area contributed by atoms with Crippen LogP contribution in [-0.4, -0.2) is 72.9 Å². The molecule has 0 unspecified atom stereocenters. The molecule has 1 N–H and O–H groups in total. The molecule has 2 heterocycles. The van der Waals surface area contributed by atoms with Gasteiger partial charge < -0.3 is 19.5 Å². The number of aliphatic hydroxyl groups is 1. The Morgan fingerprint density at radius 2 is 2.12 bits per heavy atom. The lowest BCUT2D eigenvalue weighted by molar-refractivity contribution is -0.136. The third kappa shape index (κ3) is 6.80. The largest absolute Gasteiger partial charge is 0.491 e. The van der Waals surface area contributed by atoms with Gasteiger partial charge in [-0.3, -0.25) is 9.69 Å². The zero-order chi connectivity index (χ0) is 23.9. The van der Waals surface area contributed by atoms with E-state index in [4.69, 9.17) is 15.9 Å². The fraction of sp³-hybridized carbons (Fsp3) is 0.500. The number of benzene rings is 1. The molecule has 1 aliphatic heterocycles. The number of thiophene rings is 1. The average molecular weight is 487 g/mol. The Hall–Kier alpha value is -2.44. The lowest BCUT2D eigenvalue weighted by Crippen LogP contribution is -2.48. The van der Waals surface area contributed by atoms with Gasteiger partial charge in [-0.25, -0.2) is 4.39 Å². The van der Waals surface area contributed by atoms with Gasteiger partial charge in [-0.05, 0) is 66.5 Å². The predicted molar refractivity (Wildman–Crippen MR) is 129 cm³/mol. The molecule has 2 aromatic rings. The number of amides is 1. The van der Waals surface area contributed by atoms with E-state index in [0.717, 1.165) is 31.4 Å². The van der Waals surface area contributed by atoms with Gasteiger partial charge in [0.1, 0.15) is 24.8 Å². The second-order valence-corrected chi connectivity index (χ2v) is 9.93. The zero-order valence-electron chi connectivity index (χ0n) is 19.2. The fourth-order valence-corrected chi connectivity index (χ4v) is 5.26. The predicted octanol–water partition coefficient (Wildman–Crippen LogP) is 3.11. The van der Waals surface area contributed by atoms with Gasteiger partial charge in [0.05, 0.1) is 25.3 Å². The summed E-state index contributed by atoms with van der Waals surface area (Å²) in [5, 5.41) is 12.4. The van der Waals surface area contributed by atoms with Gasteiger partial charge >= 0.3 is 0 Å². The summed E-state index contributed by atoms with van der Waals surface area (Å²) in [5.41, 5.74) is 1.11. The van der Waals surface area contributed by atoms with Crippen molar-refractivity contribution in [2.75, 3.05) is 46.0 Å². The lowest BCUT2D eigenvalue weighted by atomic mass is 10.0. The molecule has 2 atom stereocenters. The van der Waals surface area contributed by atoms with E-state index in [2.05, 4.69) is 17.4 Å². The van der Waals surface area contributed by atoms with Crippen LogP contribution in [0.25, 0.3) is 0 Å². The second kappa shape index (κ2) is 11.8. The Morgan fingerprint density at radius 1 is 1.32 bits per heavy atom. The summed E-state index contributed by atoms with van der Waals surface area (Å²) in [5.74, 6) is 3.24. The number of halogens is 1. The number of aliphatic hydroxyl groups excluding tert-OH is 1. The van der Waals surface area contributed by atoms with Crippen LogP contribution in [0.5, 0.6) is 5.75 Å². The first-order valence-corrected chi connectivity index (χ1v) is 12.6. The molecule has 182 valence electrons. The molecular formula is C26H31FN2O4S. The number of hydrogen-bond donors (Lipinski definition) is 1. The summed E-state index contributed by atoms with van der Waals surface area (Å²) in [7, 11) is 0. The Kier molecular flexibility index (Phi) is 8.57. The molecule has 6 nitrogen and oxygen atoms in total. The Morgan fingerprint density at radius 3 is 2.85 bits per heavy atom. The van der Waals surface area contributed by atoms with Crippen molar-refractivity contribution in [3.8, 4) is 18.1 Å². The van der Waals surface area contributed by atoms with E-state index in [1.54, 1.807) is 23.5 Å². The quantitative estimate of drug-likeness (QED) is 0.369. The van der Waals surface area contributed by atoms with Crippen LogP contribution >= 0.6 is 11.3 Å². The van der Waals surface area contributed by atoms with Gasteiger partial charge in [0.15, 0.2) is 0 Å². The molecule has 1 fully saturated rings. The molecule has 1 aliphatic carbocycles. The molecule has 0 spiro atoms. The van der Waals surface area contributed by atoms with E-state index in [0.29, 0.717) is 31.4 Å². The summed E-state index contributed by atoms with van der Waals surface area (Å²) in [6, 6.07) is 7.78. The molecule has 8 heteroatoms. The summed E-state index contributed by atoms with van der Waals surface area (Å²) >= 11 is 1.70. The van der Waals surface area contributed by atoms with Crippen LogP contribution in [0.2, 0.25) is 0 Å². The maximum Gasteiger partial charge on any atom is 0.237 e. The van der Waals surface area contributed by atoms with E-state index in [1.165, 1.54) is 17.0 Å². The van der Waals surface area contributed by atoms with E-state index in [9.17, 15) is 14.3 Å². The van der Waals surface area contributed by atoms with Crippen molar-refractivity contribution in [2.24, 2.45) is 5.92 Å². The minimum atomic E-state index is -0.706. The fourth-order valence-electron chi connectivity index (χ4n) is 4.34. The summed E-state index contributed by atoms with van der Waals surface area (Å²) in [4.78, 5) is 18.7. The second-order valence-electron chi connectivity index (χ2n) is 8.93.